The molecule has 1 heterocycles. The molecule has 2 bridgehead atoms. The van der Waals surface area contributed by atoms with Crippen LogP contribution in [0.15, 0.2) is 36.4 Å². The summed E-state index contributed by atoms with van der Waals surface area (Å²) in [6.07, 6.45) is 6.58. The maximum Gasteiger partial charge on any atom is 0.238 e. The summed E-state index contributed by atoms with van der Waals surface area (Å²) in [5.41, 5.74) is 0.709. The zero-order valence-corrected chi connectivity index (χ0v) is 11.3. The molecule has 4 aliphatic rings. The molecule has 1 aromatic rings. The molecule has 106 valence electrons. The van der Waals surface area contributed by atoms with Gasteiger partial charge in [0, 0.05) is 0 Å². The molecule has 1 spiro atoms. The molecule has 4 heteroatoms. The number of fused-ring (bicyclic) bond motifs is 3. The smallest absolute Gasteiger partial charge is 0.238 e. The lowest BCUT2D eigenvalue weighted by Gasteiger charge is -2.21. The lowest BCUT2D eigenvalue weighted by Crippen LogP contribution is -2.34. The molecular weight excluding hydrogens is 269 g/mol. The van der Waals surface area contributed by atoms with E-state index in [0.29, 0.717) is 5.69 Å². The maximum atomic E-state index is 13.0. The fourth-order valence-corrected chi connectivity index (χ4v) is 4.92. The van der Waals surface area contributed by atoms with Crippen LogP contribution < -0.4 is 4.90 Å². The summed E-state index contributed by atoms with van der Waals surface area (Å²) < 4.78 is 13.0. The van der Waals surface area contributed by atoms with Gasteiger partial charge in [0.15, 0.2) is 0 Å². The molecule has 5 rings (SSSR count). The highest BCUT2D eigenvalue weighted by Crippen LogP contribution is 2.73. The molecule has 0 radical (unpaired) electrons. The average molecular weight is 283 g/mol. The topological polar surface area (TPSA) is 37.4 Å². The van der Waals surface area contributed by atoms with Crippen molar-refractivity contribution < 1.29 is 14.0 Å². The number of halogens is 1. The first-order chi connectivity index (χ1) is 10.1. The molecule has 1 saturated heterocycles. The van der Waals surface area contributed by atoms with Crippen molar-refractivity contribution in [3.8, 4) is 0 Å². The Bertz CT molecular complexity index is 670. The van der Waals surface area contributed by atoms with Crippen molar-refractivity contribution in [1.29, 1.82) is 0 Å². The third-order valence-corrected chi connectivity index (χ3v) is 5.94. The molecule has 0 unspecified atom stereocenters. The van der Waals surface area contributed by atoms with Crippen LogP contribution in [-0.2, 0) is 9.59 Å². The Kier molecular flexibility index (Phi) is 1.91. The van der Waals surface area contributed by atoms with Gasteiger partial charge in [-0.15, -0.1) is 0 Å². The summed E-state index contributed by atoms with van der Waals surface area (Å²) in [6.45, 7) is 0. The second-order valence-corrected chi connectivity index (χ2v) is 6.71. The number of carbonyl (C=O) groups is 2. The highest BCUT2D eigenvalue weighted by Gasteiger charge is 2.73. The van der Waals surface area contributed by atoms with Gasteiger partial charge in [-0.25, -0.2) is 4.39 Å². The Morgan fingerprint density at radius 1 is 0.952 bits per heavy atom. The number of carbonyl (C=O) groups excluding carboxylic acids is 2. The molecule has 0 N–H and O–H groups in total. The van der Waals surface area contributed by atoms with Crippen LogP contribution in [0.4, 0.5) is 10.1 Å². The molecule has 21 heavy (non-hydrogen) atoms. The van der Waals surface area contributed by atoms with Crippen LogP contribution in [0, 0.1) is 34.9 Å². The van der Waals surface area contributed by atoms with Crippen LogP contribution in [0.2, 0.25) is 0 Å². The highest BCUT2D eigenvalue weighted by molar-refractivity contribution is 6.23. The predicted molar refractivity (Wildman–Crippen MR) is 73.7 cm³/mol. The summed E-state index contributed by atoms with van der Waals surface area (Å²) in [7, 11) is 0. The zero-order chi connectivity index (χ0) is 14.4. The fourth-order valence-electron chi connectivity index (χ4n) is 4.92. The van der Waals surface area contributed by atoms with Crippen LogP contribution in [0.3, 0.4) is 0 Å². The SMILES string of the molecule is O=C1[C@@H]2[C@H](C(=O)N1c1ccc(F)cc1)[C@H]1C=C[C@H]2C12CC2. The highest BCUT2D eigenvalue weighted by atomic mass is 19.1. The first kappa shape index (κ1) is 11.7. The Morgan fingerprint density at radius 3 is 1.95 bits per heavy atom. The number of benzene rings is 1. The monoisotopic (exact) mass is 283 g/mol. The minimum atomic E-state index is -0.364. The minimum absolute atomic E-state index is 0.0975. The Hall–Kier alpha value is -1.97. The number of amides is 2. The fraction of sp³-hybridized carbons (Fsp3) is 0.412. The summed E-state index contributed by atoms with van der Waals surface area (Å²) >= 11 is 0. The van der Waals surface area contributed by atoms with Gasteiger partial charge in [0.25, 0.3) is 0 Å². The molecule has 3 nitrogen and oxygen atoms in total. The Morgan fingerprint density at radius 2 is 1.48 bits per heavy atom. The third kappa shape index (κ3) is 1.20. The van der Waals surface area contributed by atoms with E-state index in [2.05, 4.69) is 12.2 Å². The number of rotatable bonds is 1. The summed E-state index contributed by atoms with van der Waals surface area (Å²) in [5, 5.41) is 0. The zero-order valence-electron chi connectivity index (χ0n) is 11.3. The lowest BCUT2D eigenvalue weighted by atomic mass is 9.85. The van der Waals surface area contributed by atoms with Crippen molar-refractivity contribution in [3.05, 3.63) is 42.2 Å². The van der Waals surface area contributed by atoms with Gasteiger partial charge in [-0.2, -0.15) is 0 Å². The van der Waals surface area contributed by atoms with Crippen molar-refractivity contribution in [2.45, 2.75) is 12.8 Å². The molecule has 3 fully saturated rings. The quantitative estimate of drug-likeness (QED) is 0.586. The third-order valence-electron chi connectivity index (χ3n) is 5.94. The summed E-state index contributed by atoms with van der Waals surface area (Å²) in [4.78, 5) is 26.8. The molecular formula is C17H14FNO2. The van der Waals surface area contributed by atoms with E-state index in [4.69, 9.17) is 0 Å². The van der Waals surface area contributed by atoms with Crippen LogP contribution >= 0.6 is 0 Å². The van der Waals surface area contributed by atoms with Gasteiger partial charge < -0.3 is 0 Å². The Balaban J connectivity index is 1.57. The average Bonchev–Trinajstić information content (AvgIpc) is 3.07. The second kappa shape index (κ2) is 3.43. The molecule has 0 aromatic heterocycles. The van der Waals surface area contributed by atoms with E-state index in [1.165, 1.54) is 29.2 Å². The van der Waals surface area contributed by atoms with E-state index >= 15 is 0 Å². The maximum absolute atomic E-state index is 13.0. The van der Waals surface area contributed by atoms with Gasteiger partial charge in [0.2, 0.25) is 11.8 Å². The van der Waals surface area contributed by atoms with Gasteiger partial charge in [0.1, 0.15) is 5.82 Å². The molecule has 3 aliphatic carbocycles. The number of allylic oxidation sites excluding steroid dienone is 2. The van der Waals surface area contributed by atoms with Crippen molar-refractivity contribution in [2.75, 3.05) is 4.90 Å². The van der Waals surface area contributed by atoms with E-state index < -0.39 is 0 Å². The molecule has 1 aliphatic heterocycles. The molecule has 2 amide bonds. The lowest BCUT2D eigenvalue weighted by molar-refractivity contribution is -0.123. The van der Waals surface area contributed by atoms with E-state index in [-0.39, 0.29) is 46.7 Å². The molecule has 2 saturated carbocycles. The van der Waals surface area contributed by atoms with Gasteiger partial charge in [0.05, 0.1) is 17.5 Å². The number of anilines is 1. The van der Waals surface area contributed by atoms with E-state index in [0.717, 1.165) is 12.8 Å². The number of nitrogens with zero attached hydrogens (tertiary/aromatic N) is 1. The summed E-state index contributed by atoms with van der Waals surface area (Å²) in [5.74, 6) is -0.486. The van der Waals surface area contributed by atoms with E-state index in [1.54, 1.807) is 0 Å². The minimum Gasteiger partial charge on any atom is -0.274 e. The largest absolute Gasteiger partial charge is 0.274 e. The molecule has 4 atom stereocenters. The van der Waals surface area contributed by atoms with Gasteiger partial charge in [-0.3, -0.25) is 14.5 Å². The van der Waals surface area contributed by atoms with Crippen LogP contribution in [0.1, 0.15) is 12.8 Å². The Labute approximate surface area is 121 Å². The van der Waals surface area contributed by atoms with E-state index in [9.17, 15) is 14.0 Å². The second-order valence-electron chi connectivity index (χ2n) is 6.71. The number of hydrogen-bond donors (Lipinski definition) is 0. The first-order valence-electron chi connectivity index (χ1n) is 7.45. The van der Waals surface area contributed by atoms with E-state index in [1.807, 2.05) is 0 Å². The molecule has 1 aromatic carbocycles. The van der Waals surface area contributed by atoms with Gasteiger partial charge in [-0.1, -0.05) is 12.2 Å². The van der Waals surface area contributed by atoms with Crippen molar-refractivity contribution in [2.24, 2.45) is 29.1 Å². The van der Waals surface area contributed by atoms with Gasteiger partial charge >= 0.3 is 0 Å². The summed E-state index contributed by atoms with van der Waals surface area (Å²) in [6, 6.07) is 5.60. The van der Waals surface area contributed by atoms with Crippen LogP contribution in [0.5, 0.6) is 0 Å². The van der Waals surface area contributed by atoms with Crippen LogP contribution in [0.25, 0.3) is 0 Å². The first-order valence-corrected chi connectivity index (χ1v) is 7.45. The standard InChI is InChI=1S/C17H14FNO2/c18-9-1-3-10(4-2-9)19-15(20)13-11-5-6-12(14(13)16(19)21)17(11)7-8-17/h1-6,11-14H,7-8H2/t11-,12-,13-,14+/m1/s1. The normalized spacial score (nSPS) is 37.7. The van der Waals surface area contributed by atoms with Crippen molar-refractivity contribution >= 4 is 17.5 Å². The van der Waals surface area contributed by atoms with Crippen molar-refractivity contribution in [3.63, 3.8) is 0 Å². The van der Waals surface area contributed by atoms with Crippen LogP contribution in [-0.4, -0.2) is 11.8 Å². The number of hydrogen-bond acceptors (Lipinski definition) is 2. The van der Waals surface area contributed by atoms with Gasteiger partial charge in [-0.05, 0) is 54.4 Å². The predicted octanol–water partition coefficient (Wildman–Crippen LogP) is 2.53. The number of imide groups is 1. The van der Waals surface area contributed by atoms with Crippen molar-refractivity contribution in [1.82, 2.24) is 0 Å².